The highest BCUT2D eigenvalue weighted by Gasteiger charge is 2.35. The zero-order valence-corrected chi connectivity index (χ0v) is 20.7. The molecule has 2 aliphatic heterocycles. The van der Waals surface area contributed by atoms with E-state index < -0.39 is 0 Å². The van der Waals surface area contributed by atoms with Gasteiger partial charge in [-0.15, -0.1) is 0 Å². The van der Waals surface area contributed by atoms with Crippen LogP contribution in [-0.4, -0.2) is 63.2 Å². The van der Waals surface area contributed by atoms with Crippen LogP contribution in [0.1, 0.15) is 45.4 Å². The van der Waals surface area contributed by atoms with Crippen LogP contribution in [0.2, 0.25) is 0 Å². The second-order valence-corrected chi connectivity index (χ2v) is 10.2. The molecule has 2 bridgehead atoms. The van der Waals surface area contributed by atoms with Crippen molar-refractivity contribution >= 4 is 28.6 Å². The van der Waals surface area contributed by atoms with Crippen molar-refractivity contribution in [1.29, 1.82) is 0 Å². The number of amides is 2. The summed E-state index contributed by atoms with van der Waals surface area (Å²) in [4.78, 5) is 24.7. The molecule has 2 amide bonds. The number of rotatable bonds is 5. The fraction of sp³-hybridized carbons (Fsp3) is 0.538. The molecule has 3 aromatic rings. The van der Waals surface area contributed by atoms with Gasteiger partial charge < -0.3 is 26.0 Å². The van der Waals surface area contributed by atoms with Crippen molar-refractivity contribution in [2.75, 3.05) is 23.3 Å². The quantitative estimate of drug-likeness (QED) is 0.501. The largest absolute Gasteiger partial charge is 0.371 e. The number of hydrogen-bond acceptors (Lipinski definition) is 7. The third-order valence-electron chi connectivity index (χ3n) is 7.63. The first kappa shape index (κ1) is 23.2. The molecular formula is C26H34N8O2. The summed E-state index contributed by atoms with van der Waals surface area (Å²) in [6.45, 7) is 4.48. The zero-order valence-electron chi connectivity index (χ0n) is 20.7. The summed E-state index contributed by atoms with van der Waals surface area (Å²) < 4.78 is 7.96. The van der Waals surface area contributed by atoms with E-state index in [0.717, 1.165) is 86.3 Å². The predicted molar refractivity (Wildman–Crippen MR) is 139 cm³/mol. The Balaban J connectivity index is 1.22. The third-order valence-corrected chi connectivity index (χ3v) is 7.63. The first-order valence-corrected chi connectivity index (χ1v) is 13.1. The molecular weight excluding hydrogens is 456 g/mol. The molecule has 1 saturated carbocycles. The molecule has 36 heavy (non-hydrogen) atoms. The van der Waals surface area contributed by atoms with Gasteiger partial charge in [0.2, 0.25) is 0 Å². The number of aromatic nitrogens is 4. The first-order chi connectivity index (χ1) is 17.6. The Labute approximate surface area is 210 Å². The van der Waals surface area contributed by atoms with Crippen LogP contribution in [0.5, 0.6) is 0 Å². The van der Waals surface area contributed by atoms with Gasteiger partial charge in [0, 0.05) is 43.0 Å². The molecule has 2 aromatic heterocycles. The van der Waals surface area contributed by atoms with E-state index in [1.165, 1.54) is 0 Å². The van der Waals surface area contributed by atoms with Crippen molar-refractivity contribution in [3.8, 4) is 11.4 Å². The fourth-order valence-corrected chi connectivity index (χ4v) is 5.65. The van der Waals surface area contributed by atoms with E-state index in [4.69, 9.17) is 20.4 Å². The lowest BCUT2D eigenvalue weighted by atomic mass is 9.92. The fourth-order valence-electron chi connectivity index (χ4n) is 5.65. The highest BCUT2D eigenvalue weighted by atomic mass is 16.5. The standard InChI is InChI=1S/C26H34N8O2/c1-2-34-25-22(13-28-34)24(33-14-20-11-12-21(15-33)36-20)31-23(32-25)16-3-7-18(8-4-16)29-26(35)30-19-9-5-17(27)6-10-19/h3-4,7-8,13,17,19-21H,2,5-6,9-12,14-15,27H2,1H3,(H2,29,30,35)/t17?,19?,20-,21-/m1/s1. The van der Waals surface area contributed by atoms with Gasteiger partial charge in [0.15, 0.2) is 11.5 Å². The average Bonchev–Trinajstić information content (AvgIpc) is 3.46. The van der Waals surface area contributed by atoms with Crippen LogP contribution in [0.4, 0.5) is 16.3 Å². The predicted octanol–water partition coefficient (Wildman–Crippen LogP) is 3.27. The van der Waals surface area contributed by atoms with Crippen molar-refractivity contribution in [3.63, 3.8) is 0 Å². The van der Waals surface area contributed by atoms with Crippen molar-refractivity contribution in [2.24, 2.45) is 5.73 Å². The number of fused-ring (bicyclic) bond motifs is 3. The van der Waals surface area contributed by atoms with Gasteiger partial charge >= 0.3 is 6.03 Å². The average molecular weight is 491 g/mol. The van der Waals surface area contributed by atoms with E-state index in [0.29, 0.717) is 5.82 Å². The monoisotopic (exact) mass is 490 g/mol. The van der Waals surface area contributed by atoms with Crippen LogP contribution in [0, 0.1) is 0 Å². The minimum Gasteiger partial charge on any atom is -0.371 e. The number of hydrogen-bond donors (Lipinski definition) is 3. The van der Waals surface area contributed by atoms with E-state index >= 15 is 0 Å². The molecule has 6 rings (SSSR count). The molecule has 1 aliphatic carbocycles. The maximum Gasteiger partial charge on any atom is 0.319 e. The normalized spacial score (nSPS) is 25.8. The number of morpholine rings is 1. The number of nitrogens with zero attached hydrogens (tertiary/aromatic N) is 5. The summed E-state index contributed by atoms with van der Waals surface area (Å²) in [6, 6.07) is 7.95. The summed E-state index contributed by atoms with van der Waals surface area (Å²) in [5, 5.41) is 11.5. The lowest BCUT2D eigenvalue weighted by Crippen LogP contribution is -2.43. The maximum atomic E-state index is 12.5. The second-order valence-electron chi connectivity index (χ2n) is 10.2. The van der Waals surface area contributed by atoms with Crippen LogP contribution in [0.15, 0.2) is 30.5 Å². The van der Waals surface area contributed by atoms with Gasteiger partial charge in [-0.1, -0.05) is 0 Å². The lowest BCUT2D eigenvalue weighted by Gasteiger charge is -2.33. The minimum atomic E-state index is -0.183. The molecule has 3 fully saturated rings. The Morgan fingerprint density at radius 2 is 1.78 bits per heavy atom. The first-order valence-electron chi connectivity index (χ1n) is 13.1. The summed E-state index contributed by atoms with van der Waals surface area (Å²) in [5.41, 5.74) is 8.43. The van der Waals surface area contributed by atoms with Gasteiger partial charge in [-0.25, -0.2) is 19.4 Å². The van der Waals surface area contributed by atoms with Crippen molar-refractivity contribution < 1.29 is 9.53 Å². The van der Waals surface area contributed by atoms with Gasteiger partial charge in [-0.2, -0.15) is 5.10 Å². The Hall–Kier alpha value is -3.24. The Bertz CT molecular complexity index is 1220. The second kappa shape index (κ2) is 9.67. The molecule has 10 nitrogen and oxygen atoms in total. The number of nitrogens with one attached hydrogen (secondary N) is 2. The summed E-state index contributed by atoms with van der Waals surface area (Å²) >= 11 is 0. The number of carbonyl (C=O) groups excluding carboxylic acids is 1. The van der Waals surface area contributed by atoms with Gasteiger partial charge in [-0.3, -0.25) is 0 Å². The molecule has 1 aromatic carbocycles. The molecule has 0 spiro atoms. The van der Waals surface area contributed by atoms with Gasteiger partial charge in [0.25, 0.3) is 0 Å². The van der Waals surface area contributed by atoms with Crippen LogP contribution < -0.4 is 21.3 Å². The number of ether oxygens (including phenoxy) is 1. The molecule has 0 radical (unpaired) electrons. The number of urea groups is 1. The summed E-state index contributed by atoms with van der Waals surface area (Å²) in [6.07, 6.45) is 8.37. The molecule has 4 heterocycles. The Morgan fingerprint density at radius 1 is 1.06 bits per heavy atom. The summed E-state index contributed by atoms with van der Waals surface area (Å²) in [5.74, 6) is 1.57. The third kappa shape index (κ3) is 4.62. The van der Waals surface area contributed by atoms with Crippen molar-refractivity contribution in [3.05, 3.63) is 30.5 Å². The Morgan fingerprint density at radius 3 is 2.47 bits per heavy atom. The smallest absolute Gasteiger partial charge is 0.319 e. The lowest BCUT2D eigenvalue weighted by molar-refractivity contribution is 0.0303. The van der Waals surface area contributed by atoms with Crippen LogP contribution in [0.25, 0.3) is 22.4 Å². The number of aryl methyl sites for hydroxylation is 1. The highest BCUT2D eigenvalue weighted by Crippen LogP contribution is 2.33. The molecule has 4 N–H and O–H groups in total. The van der Waals surface area contributed by atoms with E-state index in [2.05, 4.69) is 27.6 Å². The number of benzene rings is 1. The summed E-state index contributed by atoms with van der Waals surface area (Å²) in [7, 11) is 0. The zero-order chi connectivity index (χ0) is 24.6. The SMILES string of the molecule is CCn1ncc2c(N3C[C@H]4CC[C@H](C3)O4)nc(-c3ccc(NC(=O)NC4CCC(N)CC4)cc3)nc21. The molecule has 0 unspecified atom stereocenters. The Kier molecular flexibility index (Phi) is 6.22. The number of anilines is 2. The molecule has 10 heteroatoms. The molecule has 2 atom stereocenters. The van der Waals surface area contributed by atoms with E-state index in [-0.39, 0.29) is 30.3 Å². The molecule has 3 aliphatic rings. The van der Waals surface area contributed by atoms with E-state index in [9.17, 15) is 4.79 Å². The maximum absolute atomic E-state index is 12.5. The van der Waals surface area contributed by atoms with Crippen LogP contribution in [0.3, 0.4) is 0 Å². The van der Waals surface area contributed by atoms with Crippen LogP contribution >= 0.6 is 0 Å². The van der Waals surface area contributed by atoms with Gasteiger partial charge in [0.05, 0.1) is 23.8 Å². The van der Waals surface area contributed by atoms with Crippen molar-refractivity contribution in [1.82, 2.24) is 25.1 Å². The van der Waals surface area contributed by atoms with E-state index in [1.54, 1.807) is 0 Å². The minimum absolute atomic E-state index is 0.182. The van der Waals surface area contributed by atoms with Crippen molar-refractivity contribution in [2.45, 2.75) is 76.3 Å². The van der Waals surface area contributed by atoms with Gasteiger partial charge in [-0.05, 0) is 69.7 Å². The van der Waals surface area contributed by atoms with Gasteiger partial charge in [0.1, 0.15) is 5.82 Å². The van der Waals surface area contributed by atoms with E-state index in [1.807, 2.05) is 35.1 Å². The molecule has 190 valence electrons. The number of carbonyl (C=O) groups is 1. The number of nitrogens with two attached hydrogens (primary N) is 1. The van der Waals surface area contributed by atoms with Crippen LogP contribution in [-0.2, 0) is 11.3 Å². The highest BCUT2D eigenvalue weighted by molar-refractivity contribution is 5.90. The molecule has 2 saturated heterocycles. The topological polar surface area (TPSA) is 123 Å².